The van der Waals surface area contributed by atoms with E-state index in [4.69, 9.17) is 0 Å². The molecule has 5 nitrogen and oxygen atoms in total. The number of rotatable bonds is 8. The number of carbonyl (C=O) groups is 2. The maximum Gasteiger partial charge on any atom is 0.243 e. The van der Waals surface area contributed by atoms with Gasteiger partial charge in [-0.3, -0.25) is 14.4 Å². The summed E-state index contributed by atoms with van der Waals surface area (Å²) >= 11 is 0. The molecular formula is C20H21N2O3. The molecule has 5 heteroatoms. The topological polar surface area (TPSA) is 75.3 Å². The van der Waals surface area contributed by atoms with Crippen LogP contribution in [-0.4, -0.2) is 30.2 Å². The molecule has 0 aliphatic rings. The summed E-state index contributed by atoms with van der Waals surface area (Å²) in [4.78, 5) is 35.2. The van der Waals surface area contributed by atoms with Crippen molar-refractivity contribution in [2.45, 2.75) is 31.8 Å². The van der Waals surface area contributed by atoms with Crippen molar-refractivity contribution < 1.29 is 14.4 Å². The van der Waals surface area contributed by atoms with E-state index in [-0.39, 0.29) is 5.91 Å². The van der Waals surface area contributed by atoms with Gasteiger partial charge in [0.15, 0.2) is 0 Å². The molecule has 2 atom stereocenters. The summed E-state index contributed by atoms with van der Waals surface area (Å²) in [6, 6.07) is 17.3. The van der Waals surface area contributed by atoms with Crippen LogP contribution < -0.4 is 10.6 Å². The Balaban J connectivity index is 2.04. The van der Waals surface area contributed by atoms with E-state index in [0.717, 1.165) is 11.1 Å². The van der Waals surface area contributed by atoms with Gasteiger partial charge < -0.3 is 10.6 Å². The SMILES string of the molecule is CC(=O)NC(Cc1ccccc1)C(=O)NC([C]=O)Cc1ccccc1. The van der Waals surface area contributed by atoms with Gasteiger partial charge >= 0.3 is 0 Å². The van der Waals surface area contributed by atoms with Crippen LogP contribution in [0.2, 0.25) is 0 Å². The Labute approximate surface area is 147 Å². The van der Waals surface area contributed by atoms with Crippen molar-refractivity contribution >= 4 is 18.1 Å². The number of hydrogen-bond acceptors (Lipinski definition) is 3. The lowest BCUT2D eigenvalue weighted by Crippen LogP contribution is -2.51. The van der Waals surface area contributed by atoms with E-state index >= 15 is 0 Å². The first-order chi connectivity index (χ1) is 12.1. The molecule has 0 spiro atoms. The molecule has 2 unspecified atom stereocenters. The van der Waals surface area contributed by atoms with Gasteiger partial charge in [0.05, 0.1) is 6.04 Å². The number of amides is 2. The summed E-state index contributed by atoms with van der Waals surface area (Å²) in [6.45, 7) is 1.36. The van der Waals surface area contributed by atoms with Crippen molar-refractivity contribution in [3.05, 3.63) is 71.8 Å². The van der Waals surface area contributed by atoms with E-state index in [2.05, 4.69) is 10.6 Å². The van der Waals surface area contributed by atoms with Crippen LogP contribution in [0.3, 0.4) is 0 Å². The average Bonchev–Trinajstić information content (AvgIpc) is 2.62. The summed E-state index contributed by atoms with van der Waals surface area (Å²) in [7, 11) is 0. The third kappa shape index (κ3) is 6.22. The quantitative estimate of drug-likeness (QED) is 0.768. The zero-order valence-corrected chi connectivity index (χ0v) is 14.1. The predicted octanol–water partition coefficient (Wildman–Crippen LogP) is 1.57. The lowest BCUT2D eigenvalue weighted by molar-refractivity contribution is -0.128. The molecule has 1 radical (unpaired) electrons. The number of nitrogens with one attached hydrogen (secondary N) is 2. The van der Waals surface area contributed by atoms with Crippen molar-refractivity contribution in [1.82, 2.24) is 10.6 Å². The molecule has 2 aromatic carbocycles. The highest BCUT2D eigenvalue weighted by molar-refractivity contribution is 5.88. The van der Waals surface area contributed by atoms with Crippen molar-refractivity contribution in [1.29, 1.82) is 0 Å². The molecule has 129 valence electrons. The molecule has 2 amide bonds. The molecule has 0 fully saturated rings. The van der Waals surface area contributed by atoms with Crippen molar-refractivity contribution in [2.75, 3.05) is 0 Å². The van der Waals surface area contributed by atoms with Crippen LogP contribution in [0, 0.1) is 0 Å². The second kappa shape index (κ2) is 9.37. The monoisotopic (exact) mass is 337 g/mol. The lowest BCUT2D eigenvalue weighted by atomic mass is 10.0. The Kier molecular flexibility index (Phi) is 6.89. The fourth-order valence-corrected chi connectivity index (χ4v) is 2.55. The predicted molar refractivity (Wildman–Crippen MR) is 95.5 cm³/mol. The number of carbonyl (C=O) groups excluding carboxylic acids is 3. The van der Waals surface area contributed by atoms with Crippen LogP contribution in [0.4, 0.5) is 0 Å². The molecule has 0 saturated heterocycles. The zero-order valence-electron chi connectivity index (χ0n) is 14.1. The van der Waals surface area contributed by atoms with Gasteiger partial charge in [-0.15, -0.1) is 0 Å². The third-order valence-corrected chi connectivity index (χ3v) is 3.72. The third-order valence-electron chi connectivity index (χ3n) is 3.72. The van der Waals surface area contributed by atoms with E-state index in [0.29, 0.717) is 12.8 Å². The van der Waals surface area contributed by atoms with E-state index in [9.17, 15) is 14.4 Å². The maximum absolute atomic E-state index is 12.5. The summed E-state index contributed by atoms with van der Waals surface area (Å²) in [5, 5.41) is 5.30. The standard InChI is InChI=1S/C20H21N2O3/c1-15(24)21-19(13-17-10-6-3-7-11-17)20(25)22-18(14-23)12-16-8-4-2-5-9-16/h2-11,18-19H,12-13H2,1H3,(H,21,24)(H,22,25). The Morgan fingerprint density at radius 1 is 0.880 bits per heavy atom. The summed E-state index contributed by atoms with van der Waals surface area (Å²) in [5.74, 6) is -0.700. The van der Waals surface area contributed by atoms with Gasteiger partial charge in [-0.1, -0.05) is 60.7 Å². The molecule has 0 aliphatic heterocycles. The van der Waals surface area contributed by atoms with Crippen molar-refractivity contribution in [3.8, 4) is 0 Å². The molecule has 0 aliphatic carbocycles. The zero-order chi connectivity index (χ0) is 18.1. The molecular weight excluding hydrogens is 316 g/mol. The molecule has 2 rings (SSSR count). The first kappa shape index (κ1) is 18.4. The van der Waals surface area contributed by atoms with Gasteiger partial charge in [0.25, 0.3) is 0 Å². The van der Waals surface area contributed by atoms with Gasteiger partial charge in [-0.2, -0.15) is 0 Å². The first-order valence-electron chi connectivity index (χ1n) is 8.11. The Morgan fingerprint density at radius 3 is 1.88 bits per heavy atom. The first-order valence-corrected chi connectivity index (χ1v) is 8.11. The van der Waals surface area contributed by atoms with Gasteiger partial charge in [-0.05, 0) is 11.1 Å². The molecule has 25 heavy (non-hydrogen) atoms. The lowest BCUT2D eigenvalue weighted by Gasteiger charge is -2.20. The van der Waals surface area contributed by atoms with Gasteiger partial charge in [-0.25, -0.2) is 0 Å². The van der Waals surface area contributed by atoms with Gasteiger partial charge in [0.2, 0.25) is 18.1 Å². The van der Waals surface area contributed by atoms with Crippen LogP contribution in [-0.2, 0) is 27.2 Å². The molecule has 0 saturated carbocycles. The Morgan fingerprint density at radius 2 is 1.40 bits per heavy atom. The summed E-state index contributed by atoms with van der Waals surface area (Å²) in [6.07, 6.45) is 2.56. The van der Waals surface area contributed by atoms with Crippen LogP contribution in [0.1, 0.15) is 18.1 Å². The minimum absolute atomic E-state index is 0.300. The normalized spacial score (nSPS) is 12.7. The highest BCUT2D eigenvalue weighted by Gasteiger charge is 2.23. The smallest absolute Gasteiger partial charge is 0.243 e. The highest BCUT2D eigenvalue weighted by atomic mass is 16.2. The second-order valence-electron chi connectivity index (χ2n) is 5.81. The molecule has 2 aromatic rings. The van der Waals surface area contributed by atoms with E-state index in [1.54, 1.807) is 0 Å². The highest BCUT2D eigenvalue weighted by Crippen LogP contribution is 2.06. The van der Waals surface area contributed by atoms with Crippen molar-refractivity contribution in [2.24, 2.45) is 0 Å². The molecule has 0 bridgehead atoms. The molecule has 2 N–H and O–H groups in total. The molecule has 0 aromatic heterocycles. The minimum atomic E-state index is -0.762. The van der Waals surface area contributed by atoms with Crippen LogP contribution >= 0.6 is 0 Å². The van der Waals surface area contributed by atoms with E-state index in [1.165, 1.54) is 6.92 Å². The Bertz CT molecular complexity index is 701. The van der Waals surface area contributed by atoms with Gasteiger partial charge in [0.1, 0.15) is 6.04 Å². The van der Waals surface area contributed by atoms with Crippen LogP contribution in [0.5, 0.6) is 0 Å². The Hall–Kier alpha value is -2.95. The fraction of sp³-hybridized carbons (Fsp3) is 0.250. The number of benzene rings is 2. The van der Waals surface area contributed by atoms with E-state index in [1.807, 2.05) is 66.9 Å². The van der Waals surface area contributed by atoms with Gasteiger partial charge in [0, 0.05) is 19.8 Å². The summed E-state index contributed by atoms with van der Waals surface area (Å²) in [5.41, 5.74) is 1.85. The summed E-state index contributed by atoms with van der Waals surface area (Å²) < 4.78 is 0. The minimum Gasteiger partial charge on any atom is -0.344 e. The maximum atomic E-state index is 12.5. The fourth-order valence-electron chi connectivity index (χ4n) is 2.55. The van der Waals surface area contributed by atoms with E-state index < -0.39 is 18.0 Å². The number of hydrogen-bond donors (Lipinski definition) is 2. The van der Waals surface area contributed by atoms with Crippen LogP contribution in [0.25, 0.3) is 0 Å². The average molecular weight is 337 g/mol. The molecule has 0 heterocycles. The second-order valence-corrected chi connectivity index (χ2v) is 5.81. The largest absolute Gasteiger partial charge is 0.344 e. The van der Waals surface area contributed by atoms with Crippen LogP contribution in [0.15, 0.2) is 60.7 Å². The van der Waals surface area contributed by atoms with Crippen molar-refractivity contribution in [3.63, 3.8) is 0 Å².